The van der Waals surface area contributed by atoms with Gasteiger partial charge in [-0.05, 0) is 62.0 Å². The van der Waals surface area contributed by atoms with Crippen molar-refractivity contribution in [2.75, 3.05) is 13.6 Å². The van der Waals surface area contributed by atoms with Crippen molar-refractivity contribution in [1.29, 1.82) is 5.26 Å². The zero-order chi connectivity index (χ0) is 22.7. The predicted molar refractivity (Wildman–Crippen MR) is 125 cm³/mol. The van der Waals surface area contributed by atoms with E-state index in [4.69, 9.17) is 9.26 Å². The number of hydrogen-bond acceptors (Lipinski definition) is 6. The van der Waals surface area contributed by atoms with Crippen LogP contribution in [0.25, 0.3) is 33.6 Å². The minimum Gasteiger partial charge on any atom is -0.490 e. The molecule has 0 bridgehead atoms. The summed E-state index contributed by atoms with van der Waals surface area (Å²) < 4.78 is 11.3. The van der Waals surface area contributed by atoms with Gasteiger partial charge in [-0.1, -0.05) is 48.5 Å². The van der Waals surface area contributed by atoms with E-state index in [0.717, 1.165) is 24.0 Å². The largest absolute Gasteiger partial charge is 0.490 e. The van der Waals surface area contributed by atoms with Gasteiger partial charge in [0, 0.05) is 17.7 Å². The van der Waals surface area contributed by atoms with Crippen molar-refractivity contribution in [2.45, 2.75) is 33.4 Å². The molecule has 0 spiro atoms. The number of benzene rings is 3. The molecule has 3 aromatic carbocycles. The fourth-order valence-corrected chi connectivity index (χ4v) is 3.65. The maximum Gasteiger partial charge on any atom is 0.258 e. The molecule has 0 amide bonds. The highest BCUT2D eigenvalue weighted by Gasteiger charge is 2.16. The summed E-state index contributed by atoms with van der Waals surface area (Å²) in [6.07, 6.45) is -0.0173. The van der Waals surface area contributed by atoms with E-state index in [9.17, 15) is 5.26 Å². The van der Waals surface area contributed by atoms with E-state index in [1.54, 1.807) is 12.1 Å². The van der Waals surface area contributed by atoms with Gasteiger partial charge in [0.25, 0.3) is 5.89 Å². The van der Waals surface area contributed by atoms with Crippen LogP contribution in [0.1, 0.15) is 31.9 Å². The Balaban J connectivity index is 1.72. The summed E-state index contributed by atoms with van der Waals surface area (Å²) in [5.41, 5.74) is 3.29. The van der Waals surface area contributed by atoms with Gasteiger partial charge in [-0.15, -0.1) is 0 Å². The maximum atomic E-state index is 9.51. The quantitative estimate of drug-likeness (QED) is 0.379. The Kier molecular flexibility index (Phi) is 6.20. The van der Waals surface area contributed by atoms with Gasteiger partial charge in [0.2, 0.25) is 5.82 Å². The Morgan fingerprint density at radius 3 is 2.59 bits per heavy atom. The monoisotopic (exact) mass is 426 g/mol. The summed E-state index contributed by atoms with van der Waals surface area (Å²) >= 11 is 0. The fraction of sp³-hybridized carbons (Fsp3) is 0.269. The molecule has 4 aromatic rings. The number of nitriles is 1. The van der Waals surface area contributed by atoms with Crippen molar-refractivity contribution in [3.8, 4) is 34.7 Å². The van der Waals surface area contributed by atoms with Crippen LogP contribution in [-0.2, 0) is 6.54 Å². The molecule has 4 rings (SSSR count). The molecule has 0 atom stereocenters. The fourth-order valence-electron chi connectivity index (χ4n) is 3.65. The summed E-state index contributed by atoms with van der Waals surface area (Å²) in [5.74, 6) is 1.43. The standard InChI is InChI=1S/C26H26N4O2/c1-5-30(4)16-19-10-12-23(22-9-7-6-8-21(19)22)25-28-26(32-29-25)18-11-13-24(31-17(2)3)20(14-18)15-27/h6-14,17H,5,16H2,1-4H3. The van der Waals surface area contributed by atoms with Gasteiger partial charge in [-0.3, -0.25) is 0 Å². The van der Waals surface area contributed by atoms with Crippen LogP contribution in [0.4, 0.5) is 0 Å². The molecule has 0 N–H and O–H groups in total. The van der Waals surface area contributed by atoms with E-state index >= 15 is 0 Å². The van der Waals surface area contributed by atoms with Gasteiger partial charge in [0.1, 0.15) is 11.8 Å². The molecule has 0 aliphatic heterocycles. The van der Waals surface area contributed by atoms with E-state index in [1.807, 2.05) is 32.0 Å². The third-order valence-corrected chi connectivity index (χ3v) is 5.37. The molecule has 32 heavy (non-hydrogen) atoms. The van der Waals surface area contributed by atoms with Crippen molar-refractivity contribution in [1.82, 2.24) is 15.0 Å². The highest BCUT2D eigenvalue weighted by Crippen LogP contribution is 2.32. The van der Waals surface area contributed by atoms with Crippen LogP contribution >= 0.6 is 0 Å². The van der Waals surface area contributed by atoms with Crippen molar-refractivity contribution in [3.63, 3.8) is 0 Å². The normalized spacial score (nSPS) is 11.3. The highest BCUT2D eigenvalue weighted by atomic mass is 16.5. The van der Waals surface area contributed by atoms with Crippen LogP contribution in [0.15, 0.2) is 59.1 Å². The molecule has 0 unspecified atom stereocenters. The summed E-state index contributed by atoms with van der Waals surface area (Å²) in [4.78, 5) is 6.91. The topological polar surface area (TPSA) is 75.2 Å². The second-order valence-corrected chi connectivity index (χ2v) is 8.06. The summed E-state index contributed by atoms with van der Waals surface area (Å²) in [6, 6.07) is 20.0. The molecule has 0 aliphatic carbocycles. The van der Waals surface area contributed by atoms with Gasteiger partial charge in [0.05, 0.1) is 11.7 Å². The third-order valence-electron chi connectivity index (χ3n) is 5.37. The summed E-state index contributed by atoms with van der Waals surface area (Å²) in [7, 11) is 2.11. The second kappa shape index (κ2) is 9.21. The molecule has 6 heteroatoms. The van der Waals surface area contributed by atoms with Crippen LogP contribution in [0, 0.1) is 11.3 Å². The van der Waals surface area contributed by atoms with Gasteiger partial charge in [-0.25, -0.2) is 0 Å². The van der Waals surface area contributed by atoms with E-state index in [1.165, 1.54) is 10.9 Å². The molecule has 0 fully saturated rings. The van der Waals surface area contributed by atoms with E-state index in [0.29, 0.717) is 28.6 Å². The number of fused-ring (bicyclic) bond motifs is 1. The van der Waals surface area contributed by atoms with Crippen molar-refractivity contribution in [2.24, 2.45) is 0 Å². The minimum absolute atomic E-state index is 0.0173. The Bertz CT molecular complexity index is 1290. The summed E-state index contributed by atoms with van der Waals surface area (Å²) in [6.45, 7) is 7.85. The maximum absolute atomic E-state index is 9.51. The molecule has 1 aromatic heterocycles. The number of hydrogen-bond donors (Lipinski definition) is 0. The lowest BCUT2D eigenvalue weighted by atomic mass is 9.99. The zero-order valence-electron chi connectivity index (χ0n) is 18.8. The molecule has 0 aliphatic rings. The van der Waals surface area contributed by atoms with Gasteiger partial charge >= 0.3 is 0 Å². The number of nitrogens with zero attached hydrogens (tertiary/aromatic N) is 4. The first-order chi connectivity index (χ1) is 15.5. The Labute approximate surface area is 188 Å². The Morgan fingerprint density at radius 2 is 1.88 bits per heavy atom. The molecule has 0 saturated carbocycles. The van der Waals surface area contributed by atoms with E-state index in [2.05, 4.69) is 59.3 Å². The average molecular weight is 427 g/mol. The molecular formula is C26H26N4O2. The van der Waals surface area contributed by atoms with Crippen LogP contribution in [0.3, 0.4) is 0 Å². The molecular weight excluding hydrogens is 400 g/mol. The number of rotatable bonds is 7. The molecule has 0 radical (unpaired) electrons. The smallest absolute Gasteiger partial charge is 0.258 e. The lowest BCUT2D eigenvalue weighted by molar-refractivity contribution is 0.241. The van der Waals surface area contributed by atoms with Crippen LogP contribution in [0.5, 0.6) is 5.75 Å². The minimum atomic E-state index is -0.0173. The lowest BCUT2D eigenvalue weighted by Crippen LogP contribution is -2.16. The number of aromatic nitrogens is 2. The first-order valence-corrected chi connectivity index (χ1v) is 10.7. The van der Waals surface area contributed by atoms with E-state index in [-0.39, 0.29) is 6.10 Å². The zero-order valence-corrected chi connectivity index (χ0v) is 18.8. The van der Waals surface area contributed by atoms with Gasteiger partial charge < -0.3 is 14.2 Å². The Morgan fingerprint density at radius 1 is 1.09 bits per heavy atom. The van der Waals surface area contributed by atoms with Crippen molar-refractivity contribution < 1.29 is 9.26 Å². The SMILES string of the molecule is CCN(C)Cc1ccc(-c2noc(-c3ccc(OC(C)C)c(C#N)c3)n2)c2ccccc12. The van der Waals surface area contributed by atoms with Crippen molar-refractivity contribution in [3.05, 3.63) is 65.7 Å². The molecule has 0 saturated heterocycles. The number of ether oxygens (including phenoxy) is 1. The molecule has 1 heterocycles. The molecule has 6 nitrogen and oxygen atoms in total. The Hall–Kier alpha value is -3.69. The summed E-state index contributed by atoms with van der Waals surface area (Å²) in [5, 5.41) is 16.0. The lowest BCUT2D eigenvalue weighted by Gasteiger charge is -2.16. The predicted octanol–water partition coefficient (Wildman–Crippen LogP) is 5.67. The van der Waals surface area contributed by atoms with Gasteiger partial charge in [-0.2, -0.15) is 10.2 Å². The van der Waals surface area contributed by atoms with Gasteiger partial charge in [0.15, 0.2) is 0 Å². The average Bonchev–Trinajstić information content (AvgIpc) is 3.29. The van der Waals surface area contributed by atoms with Crippen LogP contribution in [-0.4, -0.2) is 34.7 Å². The molecule has 162 valence electrons. The second-order valence-electron chi connectivity index (χ2n) is 8.06. The third kappa shape index (κ3) is 4.34. The van der Waals surface area contributed by atoms with Crippen LogP contribution in [0.2, 0.25) is 0 Å². The first-order valence-electron chi connectivity index (χ1n) is 10.7. The van der Waals surface area contributed by atoms with Crippen molar-refractivity contribution >= 4 is 10.8 Å². The first kappa shape index (κ1) is 21.5. The van der Waals surface area contributed by atoms with Crippen LogP contribution < -0.4 is 4.74 Å². The highest BCUT2D eigenvalue weighted by molar-refractivity contribution is 5.97. The van der Waals surface area contributed by atoms with E-state index < -0.39 is 0 Å².